The van der Waals surface area contributed by atoms with Gasteiger partial charge in [0.2, 0.25) is 0 Å². The van der Waals surface area contributed by atoms with E-state index < -0.39 is 0 Å². The molecule has 0 heterocycles. The summed E-state index contributed by atoms with van der Waals surface area (Å²) in [5, 5.41) is 0. The van der Waals surface area contributed by atoms with Gasteiger partial charge in [-0.1, -0.05) is 59.6 Å². The molecule has 0 bridgehead atoms. The fraction of sp³-hybridized carbons (Fsp3) is 0.882. The molecule has 5 aliphatic carbocycles. The first-order valence-electron chi connectivity index (χ1n) is 15.7. The molecule has 1 unspecified atom stereocenters. The Kier molecular flexibility index (Phi) is 6.76. The minimum Gasteiger partial charge on any atom is -0.465 e. The van der Waals surface area contributed by atoms with E-state index in [2.05, 4.69) is 48.5 Å². The number of carbonyl (C=O) groups excluding carboxylic acids is 2. The van der Waals surface area contributed by atoms with Crippen LogP contribution in [0.2, 0.25) is 0 Å². The topological polar surface area (TPSA) is 52.6 Å². The van der Waals surface area contributed by atoms with Gasteiger partial charge in [0.15, 0.2) is 0 Å². The summed E-state index contributed by atoms with van der Waals surface area (Å²) in [5.41, 5.74) is 4.29. The van der Waals surface area contributed by atoms with Gasteiger partial charge in [0.05, 0.1) is 0 Å². The average Bonchev–Trinajstić information content (AvgIpc) is 3.20. The van der Waals surface area contributed by atoms with Crippen LogP contribution < -0.4 is 0 Å². The van der Waals surface area contributed by atoms with Crippen molar-refractivity contribution in [1.29, 1.82) is 0 Å². The van der Waals surface area contributed by atoms with Crippen molar-refractivity contribution in [1.82, 2.24) is 0 Å². The highest BCUT2D eigenvalue weighted by Gasteiger charge is 2.69. The van der Waals surface area contributed by atoms with Crippen LogP contribution in [0, 0.1) is 50.7 Å². The van der Waals surface area contributed by atoms with Crippen molar-refractivity contribution in [2.45, 2.75) is 133 Å². The summed E-state index contributed by atoms with van der Waals surface area (Å²) in [6.45, 7) is 21.1. The third-order valence-electron chi connectivity index (χ3n) is 13.6. The fourth-order valence-electron chi connectivity index (χ4n) is 11.6. The molecule has 4 nitrogen and oxygen atoms in total. The van der Waals surface area contributed by atoms with Crippen molar-refractivity contribution in [3.05, 3.63) is 11.1 Å². The van der Waals surface area contributed by atoms with E-state index in [0.717, 1.165) is 25.7 Å². The summed E-state index contributed by atoms with van der Waals surface area (Å²) in [7, 11) is 0. The molecule has 5 rings (SSSR count). The molecule has 4 saturated carbocycles. The molecule has 0 amide bonds. The van der Waals surface area contributed by atoms with Crippen LogP contribution in [0.5, 0.6) is 0 Å². The summed E-state index contributed by atoms with van der Waals surface area (Å²) in [6.07, 6.45) is 11.9. The van der Waals surface area contributed by atoms with Crippen molar-refractivity contribution < 1.29 is 19.1 Å². The van der Waals surface area contributed by atoms with Crippen LogP contribution in [0.15, 0.2) is 11.1 Å². The number of hydrogen-bond acceptors (Lipinski definition) is 4. The molecule has 0 N–H and O–H groups in total. The first-order valence-corrected chi connectivity index (χ1v) is 15.7. The van der Waals surface area contributed by atoms with E-state index in [4.69, 9.17) is 9.47 Å². The lowest BCUT2D eigenvalue weighted by atomic mass is 9.33. The van der Waals surface area contributed by atoms with Gasteiger partial charge in [-0.2, -0.15) is 0 Å². The van der Waals surface area contributed by atoms with E-state index in [1.165, 1.54) is 38.5 Å². The molecule has 4 fully saturated rings. The third kappa shape index (κ3) is 3.80. The number of rotatable bonds is 4. The predicted molar refractivity (Wildman–Crippen MR) is 151 cm³/mol. The molecular weight excluding hydrogens is 472 g/mol. The first kappa shape index (κ1) is 28.2. The second-order valence-electron chi connectivity index (χ2n) is 15.7. The highest BCUT2D eigenvalue weighted by molar-refractivity contribution is 5.66. The fourth-order valence-corrected chi connectivity index (χ4v) is 11.6. The van der Waals surface area contributed by atoms with Crippen molar-refractivity contribution in [2.24, 2.45) is 50.7 Å². The minimum absolute atomic E-state index is 0.00228. The van der Waals surface area contributed by atoms with Crippen LogP contribution in [0.1, 0.15) is 127 Å². The monoisotopic (exact) mass is 526 g/mol. The van der Waals surface area contributed by atoms with E-state index in [1.807, 2.05) is 0 Å². The Bertz CT molecular complexity index is 1020. The highest BCUT2D eigenvalue weighted by atomic mass is 16.5. The van der Waals surface area contributed by atoms with Crippen molar-refractivity contribution >= 4 is 11.9 Å². The Labute approximate surface area is 232 Å². The van der Waals surface area contributed by atoms with Crippen LogP contribution in [0.3, 0.4) is 0 Å². The molecule has 214 valence electrons. The van der Waals surface area contributed by atoms with Gasteiger partial charge in [-0.15, -0.1) is 0 Å². The molecule has 5 aliphatic rings. The van der Waals surface area contributed by atoms with Crippen LogP contribution in [-0.4, -0.2) is 24.6 Å². The van der Waals surface area contributed by atoms with Crippen LogP contribution >= 0.6 is 0 Å². The Morgan fingerprint density at radius 2 is 1.53 bits per heavy atom. The molecule has 0 aromatic rings. The maximum atomic E-state index is 11.9. The summed E-state index contributed by atoms with van der Waals surface area (Å²) >= 11 is 0. The van der Waals surface area contributed by atoms with Gasteiger partial charge in [-0.05, 0) is 104 Å². The predicted octanol–water partition coefficient (Wildman–Crippen LogP) is 8.28. The maximum Gasteiger partial charge on any atom is 0.302 e. The summed E-state index contributed by atoms with van der Waals surface area (Å²) in [4.78, 5) is 23.8. The second-order valence-corrected chi connectivity index (χ2v) is 15.7. The molecule has 38 heavy (non-hydrogen) atoms. The number of carbonyl (C=O) groups is 2. The second kappa shape index (κ2) is 9.10. The summed E-state index contributed by atoms with van der Waals surface area (Å²) in [6, 6.07) is 0. The van der Waals surface area contributed by atoms with E-state index in [9.17, 15) is 9.59 Å². The average molecular weight is 527 g/mol. The van der Waals surface area contributed by atoms with E-state index in [-0.39, 0.29) is 45.1 Å². The number of esters is 2. The van der Waals surface area contributed by atoms with Gasteiger partial charge < -0.3 is 9.47 Å². The molecule has 8 atom stereocenters. The number of hydrogen-bond donors (Lipinski definition) is 0. The van der Waals surface area contributed by atoms with Gasteiger partial charge in [0.1, 0.15) is 12.7 Å². The summed E-state index contributed by atoms with van der Waals surface area (Å²) in [5.74, 6) is 2.15. The normalized spacial score (nSPS) is 45.5. The lowest BCUT2D eigenvalue weighted by Crippen LogP contribution is -2.66. The van der Waals surface area contributed by atoms with Gasteiger partial charge in [-0.3, -0.25) is 9.59 Å². The molecule has 0 radical (unpaired) electrons. The lowest BCUT2D eigenvalue weighted by molar-refractivity contribution is -0.233. The largest absolute Gasteiger partial charge is 0.465 e. The van der Waals surface area contributed by atoms with E-state index >= 15 is 0 Å². The zero-order valence-corrected chi connectivity index (χ0v) is 25.8. The van der Waals surface area contributed by atoms with Crippen LogP contribution in [-0.2, 0) is 19.1 Å². The standard InChI is InChI=1S/C34H54O4/c1-21(2)24-12-17-34(20-37-22(3)35)19-18-32(8)25(29(24)34)10-11-27-31(7)15-14-28(38-23(4)36)30(5,6)26(31)13-16-33(27,32)9/h21,25-28H,10-20H2,1-9H3/t25-,26+,27-,28?,31+,32-,33-,34-/m1/s1. The first-order chi connectivity index (χ1) is 17.6. The van der Waals surface area contributed by atoms with Gasteiger partial charge in [0.25, 0.3) is 0 Å². The highest BCUT2D eigenvalue weighted by Crippen LogP contribution is 2.76. The van der Waals surface area contributed by atoms with Crippen molar-refractivity contribution in [3.63, 3.8) is 0 Å². The maximum absolute atomic E-state index is 11.9. The Hall–Kier alpha value is -1.32. The number of ether oxygens (including phenoxy) is 2. The summed E-state index contributed by atoms with van der Waals surface area (Å²) < 4.78 is 11.7. The Balaban J connectivity index is 1.52. The molecule has 0 aliphatic heterocycles. The number of fused-ring (bicyclic) bond motifs is 7. The Morgan fingerprint density at radius 3 is 2.16 bits per heavy atom. The van der Waals surface area contributed by atoms with Crippen LogP contribution in [0.4, 0.5) is 0 Å². The van der Waals surface area contributed by atoms with E-state index in [0.29, 0.717) is 30.3 Å². The molecule has 0 aromatic carbocycles. The quantitative estimate of drug-likeness (QED) is 0.273. The zero-order valence-electron chi connectivity index (χ0n) is 25.8. The van der Waals surface area contributed by atoms with Crippen molar-refractivity contribution in [2.75, 3.05) is 6.61 Å². The zero-order chi connectivity index (χ0) is 27.9. The van der Waals surface area contributed by atoms with Crippen LogP contribution in [0.25, 0.3) is 0 Å². The molecular formula is C34H54O4. The molecule has 0 saturated heterocycles. The SMILES string of the molecule is CC(=O)OC[C@]12CCC(C(C)C)=C1[C@H]1CC[C@@H]3[C@@]4(C)CCC(OC(C)=O)C(C)(C)[C@@H]4CC[C@@]3(C)[C@]1(C)CC2. The third-order valence-corrected chi connectivity index (χ3v) is 13.6. The Morgan fingerprint density at radius 1 is 0.816 bits per heavy atom. The lowest BCUT2D eigenvalue weighted by Gasteiger charge is -2.72. The van der Waals surface area contributed by atoms with Gasteiger partial charge >= 0.3 is 11.9 Å². The molecule has 4 heteroatoms. The van der Waals surface area contributed by atoms with E-state index in [1.54, 1.807) is 25.0 Å². The van der Waals surface area contributed by atoms with Gasteiger partial charge in [0, 0.05) is 24.7 Å². The number of allylic oxidation sites excluding steroid dienone is 1. The minimum atomic E-state index is -0.140. The molecule has 0 aromatic heterocycles. The molecule has 0 spiro atoms. The van der Waals surface area contributed by atoms with Gasteiger partial charge in [-0.25, -0.2) is 0 Å². The smallest absolute Gasteiger partial charge is 0.302 e. The van der Waals surface area contributed by atoms with Crippen molar-refractivity contribution in [3.8, 4) is 0 Å².